The Bertz CT molecular complexity index is 549. The minimum atomic E-state index is -0.317. The van der Waals surface area contributed by atoms with Crippen LogP contribution in [-0.2, 0) is 0 Å². The van der Waals surface area contributed by atoms with Crippen molar-refractivity contribution in [2.24, 2.45) is 0 Å². The highest BCUT2D eigenvalue weighted by Crippen LogP contribution is 2.23. The smallest absolute Gasteiger partial charge is 0.141 e. The number of pyridine rings is 2. The first-order valence-electron chi connectivity index (χ1n) is 6.39. The lowest BCUT2D eigenvalue weighted by Crippen LogP contribution is -2.22. The highest BCUT2D eigenvalue weighted by atomic mass is 19.1. The average Bonchev–Trinajstić information content (AvgIpc) is 2.34. The summed E-state index contributed by atoms with van der Waals surface area (Å²) in [5.74, 6) is -0.317. The number of rotatable bonds is 4. The molecule has 0 aromatic carbocycles. The van der Waals surface area contributed by atoms with Crippen molar-refractivity contribution in [1.29, 1.82) is 0 Å². The Morgan fingerprint density at radius 3 is 2.37 bits per heavy atom. The minimum absolute atomic E-state index is 0.0615. The zero-order valence-electron chi connectivity index (χ0n) is 11.4. The molecule has 1 atom stereocenters. The van der Waals surface area contributed by atoms with E-state index in [0.29, 0.717) is 0 Å². The van der Waals surface area contributed by atoms with Crippen LogP contribution in [0.3, 0.4) is 0 Å². The third-order valence-electron chi connectivity index (χ3n) is 2.90. The van der Waals surface area contributed by atoms with Gasteiger partial charge in [0.2, 0.25) is 0 Å². The largest absolute Gasteiger partial charge is 0.306 e. The van der Waals surface area contributed by atoms with Crippen LogP contribution < -0.4 is 5.32 Å². The van der Waals surface area contributed by atoms with E-state index >= 15 is 0 Å². The molecule has 0 aliphatic rings. The predicted molar refractivity (Wildman–Crippen MR) is 73.4 cm³/mol. The Labute approximate surface area is 112 Å². The molecular weight excluding hydrogens is 241 g/mol. The number of nitrogens with zero attached hydrogens (tertiary/aromatic N) is 2. The Morgan fingerprint density at radius 2 is 1.79 bits per heavy atom. The van der Waals surface area contributed by atoms with Crippen LogP contribution in [-0.4, -0.2) is 16.5 Å². The van der Waals surface area contributed by atoms with E-state index in [2.05, 4.69) is 15.3 Å². The van der Waals surface area contributed by atoms with E-state index in [9.17, 15) is 4.39 Å². The first kappa shape index (κ1) is 13.6. The molecule has 1 unspecified atom stereocenters. The number of aryl methyl sites for hydroxylation is 2. The molecule has 0 amide bonds. The van der Waals surface area contributed by atoms with Crippen LogP contribution in [0.4, 0.5) is 4.39 Å². The maximum absolute atomic E-state index is 13.3. The molecule has 0 radical (unpaired) electrons. The molecule has 0 bridgehead atoms. The Kier molecular flexibility index (Phi) is 4.22. The molecule has 19 heavy (non-hydrogen) atoms. The van der Waals surface area contributed by atoms with E-state index < -0.39 is 0 Å². The summed E-state index contributed by atoms with van der Waals surface area (Å²) in [5.41, 5.74) is 3.83. The summed E-state index contributed by atoms with van der Waals surface area (Å²) >= 11 is 0. The standard InChI is InChI=1S/C15H18FN3/c1-4-18-15(13-7-14(16)9-17-8-13)12-5-10(2)19-11(3)6-12/h5-9,15,18H,4H2,1-3H3. The summed E-state index contributed by atoms with van der Waals surface area (Å²) in [4.78, 5) is 8.30. The Morgan fingerprint density at radius 1 is 1.11 bits per heavy atom. The molecule has 0 fully saturated rings. The molecule has 2 rings (SSSR count). The molecule has 0 aliphatic carbocycles. The van der Waals surface area contributed by atoms with Gasteiger partial charge in [-0.2, -0.15) is 0 Å². The van der Waals surface area contributed by atoms with Crippen molar-refractivity contribution in [2.75, 3.05) is 6.54 Å². The number of nitrogens with one attached hydrogen (secondary N) is 1. The number of hydrogen-bond donors (Lipinski definition) is 1. The first-order chi connectivity index (χ1) is 9.10. The van der Waals surface area contributed by atoms with E-state index in [0.717, 1.165) is 29.1 Å². The van der Waals surface area contributed by atoms with Crippen LogP contribution in [0.2, 0.25) is 0 Å². The van der Waals surface area contributed by atoms with Crippen molar-refractivity contribution in [3.05, 3.63) is 58.9 Å². The van der Waals surface area contributed by atoms with Crippen molar-refractivity contribution in [3.8, 4) is 0 Å². The molecular formula is C15H18FN3. The zero-order valence-corrected chi connectivity index (χ0v) is 11.4. The van der Waals surface area contributed by atoms with Crippen LogP contribution in [0.1, 0.15) is 35.5 Å². The number of aromatic nitrogens is 2. The lowest BCUT2D eigenvalue weighted by molar-refractivity contribution is 0.595. The molecule has 100 valence electrons. The van der Waals surface area contributed by atoms with Gasteiger partial charge in [0.25, 0.3) is 0 Å². The fraction of sp³-hybridized carbons (Fsp3) is 0.333. The molecule has 4 heteroatoms. The van der Waals surface area contributed by atoms with E-state index in [1.165, 1.54) is 12.3 Å². The normalized spacial score (nSPS) is 12.4. The van der Waals surface area contributed by atoms with Gasteiger partial charge in [-0.3, -0.25) is 9.97 Å². The fourth-order valence-corrected chi connectivity index (χ4v) is 2.25. The van der Waals surface area contributed by atoms with Crippen molar-refractivity contribution in [2.45, 2.75) is 26.8 Å². The van der Waals surface area contributed by atoms with Crippen LogP contribution in [0.5, 0.6) is 0 Å². The van der Waals surface area contributed by atoms with E-state index in [-0.39, 0.29) is 11.9 Å². The summed E-state index contributed by atoms with van der Waals surface area (Å²) < 4.78 is 13.3. The van der Waals surface area contributed by atoms with Crippen molar-refractivity contribution < 1.29 is 4.39 Å². The van der Waals surface area contributed by atoms with Crippen molar-refractivity contribution >= 4 is 0 Å². The quantitative estimate of drug-likeness (QED) is 0.917. The number of hydrogen-bond acceptors (Lipinski definition) is 3. The third kappa shape index (κ3) is 3.35. The van der Waals surface area contributed by atoms with Gasteiger partial charge in [-0.05, 0) is 49.7 Å². The second-order valence-corrected chi connectivity index (χ2v) is 4.61. The summed E-state index contributed by atoms with van der Waals surface area (Å²) in [7, 11) is 0. The van der Waals surface area contributed by atoms with E-state index in [1.54, 1.807) is 6.20 Å². The maximum atomic E-state index is 13.3. The van der Waals surface area contributed by atoms with E-state index in [4.69, 9.17) is 0 Å². The lowest BCUT2D eigenvalue weighted by Gasteiger charge is -2.19. The second kappa shape index (κ2) is 5.89. The molecule has 0 aliphatic heterocycles. The van der Waals surface area contributed by atoms with Gasteiger partial charge in [-0.1, -0.05) is 6.92 Å². The van der Waals surface area contributed by atoms with Crippen LogP contribution >= 0.6 is 0 Å². The SMILES string of the molecule is CCNC(c1cncc(F)c1)c1cc(C)nc(C)c1. The van der Waals surface area contributed by atoms with Gasteiger partial charge in [0.15, 0.2) is 0 Å². The lowest BCUT2D eigenvalue weighted by atomic mass is 9.99. The Balaban J connectivity index is 2.44. The summed E-state index contributed by atoms with van der Waals surface area (Å²) in [6.07, 6.45) is 2.91. The van der Waals surface area contributed by atoms with Crippen molar-refractivity contribution in [1.82, 2.24) is 15.3 Å². The summed E-state index contributed by atoms with van der Waals surface area (Å²) in [6.45, 7) is 6.74. The van der Waals surface area contributed by atoms with E-state index in [1.807, 2.05) is 32.9 Å². The molecule has 2 aromatic heterocycles. The summed E-state index contributed by atoms with van der Waals surface area (Å²) in [6, 6.07) is 5.50. The zero-order chi connectivity index (χ0) is 13.8. The molecule has 1 N–H and O–H groups in total. The van der Waals surface area contributed by atoms with Crippen molar-refractivity contribution in [3.63, 3.8) is 0 Å². The van der Waals surface area contributed by atoms with Gasteiger partial charge >= 0.3 is 0 Å². The highest BCUT2D eigenvalue weighted by molar-refractivity contribution is 5.32. The van der Waals surface area contributed by atoms with Gasteiger partial charge in [0.1, 0.15) is 5.82 Å². The molecule has 2 heterocycles. The average molecular weight is 259 g/mol. The van der Waals surface area contributed by atoms with Gasteiger partial charge in [0, 0.05) is 17.6 Å². The molecule has 2 aromatic rings. The third-order valence-corrected chi connectivity index (χ3v) is 2.90. The van der Waals surface area contributed by atoms with Gasteiger partial charge in [-0.25, -0.2) is 4.39 Å². The van der Waals surface area contributed by atoms with Crippen LogP contribution in [0, 0.1) is 19.7 Å². The molecule has 0 saturated carbocycles. The maximum Gasteiger partial charge on any atom is 0.141 e. The van der Waals surface area contributed by atoms with Gasteiger partial charge < -0.3 is 5.32 Å². The Hall–Kier alpha value is -1.81. The second-order valence-electron chi connectivity index (χ2n) is 4.61. The molecule has 3 nitrogen and oxygen atoms in total. The van der Waals surface area contributed by atoms with Gasteiger partial charge in [-0.15, -0.1) is 0 Å². The van der Waals surface area contributed by atoms with Gasteiger partial charge in [0.05, 0.1) is 12.2 Å². The first-order valence-corrected chi connectivity index (χ1v) is 6.39. The highest BCUT2D eigenvalue weighted by Gasteiger charge is 2.15. The van der Waals surface area contributed by atoms with Crippen LogP contribution in [0.15, 0.2) is 30.6 Å². The molecule has 0 saturated heterocycles. The predicted octanol–water partition coefficient (Wildman–Crippen LogP) is 2.93. The minimum Gasteiger partial charge on any atom is -0.306 e. The fourth-order valence-electron chi connectivity index (χ4n) is 2.25. The monoisotopic (exact) mass is 259 g/mol. The number of halogens is 1. The van der Waals surface area contributed by atoms with Crippen LogP contribution in [0.25, 0.3) is 0 Å². The molecule has 0 spiro atoms. The topological polar surface area (TPSA) is 37.8 Å². The summed E-state index contributed by atoms with van der Waals surface area (Å²) in [5, 5.41) is 3.36.